The zero-order chi connectivity index (χ0) is 23.2. The molecule has 0 bridgehead atoms. The van der Waals surface area contributed by atoms with Gasteiger partial charge in [0.15, 0.2) is 22.9 Å². The van der Waals surface area contributed by atoms with E-state index in [2.05, 4.69) is 30.0 Å². The van der Waals surface area contributed by atoms with Crippen molar-refractivity contribution in [2.24, 2.45) is 0 Å². The average molecular weight is 456 g/mol. The van der Waals surface area contributed by atoms with Crippen molar-refractivity contribution in [1.82, 2.24) is 34.7 Å². The number of hydrogen-bond acceptors (Lipinski definition) is 7. The summed E-state index contributed by atoms with van der Waals surface area (Å²) in [7, 11) is 0. The fourth-order valence-corrected chi connectivity index (χ4v) is 4.67. The van der Waals surface area contributed by atoms with Crippen LogP contribution in [0.15, 0.2) is 47.4 Å². The average Bonchev–Trinajstić information content (AvgIpc) is 3.49. The van der Waals surface area contributed by atoms with Crippen LogP contribution in [0.3, 0.4) is 0 Å². The van der Waals surface area contributed by atoms with Gasteiger partial charge in [0.05, 0.1) is 11.9 Å². The molecule has 0 amide bonds. The molecule has 0 spiro atoms. The van der Waals surface area contributed by atoms with Crippen LogP contribution in [0.4, 0.5) is 10.2 Å². The van der Waals surface area contributed by atoms with Gasteiger partial charge in [0.25, 0.3) is 5.56 Å². The van der Waals surface area contributed by atoms with Gasteiger partial charge < -0.3 is 10.7 Å². The number of anilines is 1. The SMILES string of the molecule is Nc1nc(-c2nn(Cc3ccccc3F)c3ncccc23)nc2[nH]c(=O)c(C3CCCC3)nc12. The molecule has 170 valence electrons. The van der Waals surface area contributed by atoms with E-state index >= 15 is 0 Å². The molecule has 34 heavy (non-hydrogen) atoms. The molecular formula is C24H21FN8O. The number of halogens is 1. The molecule has 1 aliphatic rings. The van der Waals surface area contributed by atoms with Gasteiger partial charge >= 0.3 is 0 Å². The van der Waals surface area contributed by atoms with E-state index in [9.17, 15) is 9.18 Å². The predicted molar refractivity (Wildman–Crippen MR) is 126 cm³/mol. The summed E-state index contributed by atoms with van der Waals surface area (Å²) in [4.78, 5) is 33.6. The Balaban J connectivity index is 1.48. The summed E-state index contributed by atoms with van der Waals surface area (Å²) in [5.41, 5.74) is 8.63. The third-order valence-corrected chi connectivity index (χ3v) is 6.35. The summed E-state index contributed by atoms with van der Waals surface area (Å²) >= 11 is 0. The standard InChI is InChI=1S/C24H21FN8O/c25-16-10-4-3-8-14(16)12-33-23-15(9-5-11-27-23)18(32-33)21-29-20(26)19-22(30-21)31-24(34)17(28-19)13-6-1-2-7-13/h3-5,8-11,13H,1-2,6-7,12H2,(H3,26,29,30,31,34). The zero-order valence-corrected chi connectivity index (χ0v) is 18.2. The fraction of sp³-hybridized carbons (Fsp3) is 0.250. The second-order valence-electron chi connectivity index (χ2n) is 8.53. The molecule has 5 aromatic rings. The van der Waals surface area contributed by atoms with E-state index in [1.165, 1.54) is 6.07 Å². The molecule has 0 unspecified atom stereocenters. The lowest BCUT2D eigenvalue weighted by atomic mass is 10.0. The first-order valence-electron chi connectivity index (χ1n) is 11.2. The lowest BCUT2D eigenvalue weighted by Gasteiger charge is -2.09. The summed E-state index contributed by atoms with van der Waals surface area (Å²) in [6, 6.07) is 10.1. The van der Waals surface area contributed by atoms with Gasteiger partial charge in [-0.1, -0.05) is 31.0 Å². The first kappa shape index (κ1) is 20.4. The third-order valence-electron chi connectivity index (χ3n) is 6.35. The molecule has 1 aromatic carbocycles. The van der Waals surface area contributed by atoms with E-state index in [0.29, 0.717) is 33.5 Å². The smallest absolute Gasteiger partial charge is 0.271 e. The number of H-pyrrole nitrogens is 1. The van der Waals surface area contributed by atoms with E-state index < -0.39 is 0 Å². The van der Waals surface area contributed by atoms with E-state index in [1.54, 1.807) is 35.1 Å². The van der Waals surface area contributed by atoms with Crippen molar-refractivity contribution in [2.45, 2.75) is 38.1 Å². The van der Waals surface area contributed by atoms with Crippen molar-refractivity contribution in [1.29, 1.82) is 0 Å². The number of fused-ring (bicyclic) bond motifs is 2. The molecule has 0 aliphatic heterocycles. The summed E-state index contributed by atoms with van der Waals surface area (Å²) < 4.78 is 15.9. The Labute approximate surface area is 192 Å². The van der Waals surface area contributed by atoms with Gasteiger partial charge in [-0.25, -0.2) is 29.0 Å². The Morgan fingerprint density at radius 1 is 1.09 bits per heavy atom. The molecule has 1 aliphatic carbocycles. The van der Waals surface area contributed by atoms with Gasteiger partial charge in [0, 0.05) is 17.7 Å². The number of benzene rings is 1. The van der Waals surface area contributed by atoms with Crippen LogP contribution in [0.25, 0.3) is 33.7 Å². The van der Waals surface area contributed by atoms with Crippen molar-refractivity contribution in [3.63, 3.8) is 0 Å². The van der Waals surface area contributed by atoms with Gasteiger partial charge in [-0.3, -0.25) is 4.79 Å². The van der Waals surface area contributed by atoms with Gasteiger partial charge in [-0.05, 0) is 31.0 Å². The van der Waals surface area contributed by atoms with Crippen molar-refractivity contribution in [3.05, 3.63) is 70.0 Å². The van der Waals surface area contributed by atoms with Crippen molar-refractivity contribution in [3.8, 4) is 11.5 Å². The van der Waals surface area contributed by atoms with E-state index in [-0.39, 0.29) is 41.1 Å². The normalized spacial score (nSPS) is 14.4. The minimum absolute atomic E-state index is 0.135. The van der Waals surface area contributed by atoms with Crippen LogP contribution in [0.1, 0.15) is 42.9 Å². The number of hydrogen-bond donors (Lipinski definition) is 2. The van der Waals surface area contributed by atoms with Crippen molar-refractivity contribution >= 4 is 28.0 Å². The maximum absolute atomic E-state index is 14.3. The first-order valence-corrected chi connectivity index (χ1v) is 11.2. The lowest BCUT2D eigenvalue weighted by Crippen LogP contribution is -2.19. The lowest BCUT2D eigenvalue weighted by molar-refractivity contribution is 0.589. The second-order valence-corrected chi connectivity index (χ2v) is 8.53. The highest BCUT2D eigenvalue weighted by atomic mass is 19.1. The van der Waals surface area contributed by atoms with Gasteiger partial charge in [-0.15, -0.1) is 0 Å². The van der Waals surface area contributed by atoms with Crippen LogP contribution in [-0.2, 0) is 6.54 Å². The Morgan fingerprint density at radius 3 is 2.74 bits per heavy atom. The van der Waals surface area contributed by atoms with Crippen molar-refractivity contribution in [2.75, 3.05) is 5.73 Å². The molecule has 9 nitrogen and oxygen atoms in total. The van der Waals surface area contributed by atoms with Crippen LogP contribution in [-0.4, -0.2) is 34.7 Å². The molecule has 0 atom stereocenters. The summed E-state index contributed by atoms with van der Waals surface area (Å²) in [5, 5.41) is 5.33. The second kappa shape index (κ2) is 7.98. The van der Waals surface area contributed by atoms with Gasteiger partial charge in [0.1, 0.15) is 22.7 Å². The monoisotopic (exact) mass is 456 g/mol. The molecule has 1 fully saturated rings. The molecular weight excluding hydrogens is 435 g/mol. The quantitative estimate of drug-likeness (QED) is 0.423. The Kier molecular flexibility index (Phi) is 4.79. The molecule has 1 saturated carbocycles. The van der Waals surface area contributed by atoms with Crippen molar-refractivity contribution < 1.29 is 4.39 Å². The van der Waals surface area contributed by atoms with E-state index in [0.717, 1.165) is 25.7 Å². The van der Waals surface area contributed by atoms with E-state index in [1.807, 2.05) is 6.07 Å². The van der Waals surface area contributed by atoms with Crippen LogP contribution in [0.2, 0.25) is 0 Å². The van der Waals surface area contributed by atoms with Crippen LogP contribution >= 0.6 is 0 Å². The number of nitrogens with one attached hydrogen (secondary N) is 1. The largest absolute Gasteiger partial charge is 0.382 e. The highest BCUT2D eigenvalue weighted by molar-refractivity contribution is 5.91. The number of aromatic nitrogens is 7. The summed E-state index contributed by atoms with van der Waals surface area (Å²) in [6.07, 6.45) is 5.71. The first-order chi connectivity index (χ1) is 16.6. The summed E-state index contributed by atoms with van der Waals surface area (Å²) in [6.45, 7) is 0.187. The predicted octanol–water partition coefficient (Wildman–Crippen LogP) is 3.55. The third kappa shape index (κ3) is 3.38. The number of aromatic amines is 1. The summed E-state index contributed by atoms with van der Waals surface area (Å²) in [5.74, 6) is 0.213. The molecule has 6 rings (SSSR count). The zero-order valence-electron chi connectivity index (χ0n) is 18.2. The van der Waals surface area contributed by atoms with Gasteiger partial charge in [0.2, 0.25) is 0 Å². The van der Waals surface area contributed by atoms with Crippen LogP contribution < -0.4 is 11.3 Å². The number of nitrogens with zero attached hydrogens (tertiary/aromatic N) is 6. The highest BCUT2D eigenvalue weighted by Crippen LogP contribution is 2.32. The topological polar surface area (TPSA) is 128 Å². The van der Waals surface area contributed by atoms with Crippen LogP contribution in [0, 0.1) is 5.82 Å². The number of nitrogen functional groups attached to an aromatic ring is 1. The maximum Gasteiger partial charge on any atom is 0.271 e. The Hall–Kier alpha value is -4.21. The fourth-order valence-electron chi connectivity index (χ4n) is 4.67. The molecule has 4 heterocycles. The molecule has 0 radical (unpaired) electrons. The Bertz CT molecular complexity index is 1600. The number of rotatable bonds is 4. The molecule has 4 aromatic heterocycles. The van der Waals surface area contributed by atoms with E-state index in [4.69, 9.17) is 5.73 Å². The minimum atomic E-state index is -0.323. The van der Waals surface area contributed by atoms with Gasteiger partial charge in [-0.2, -0.15) is 5.10 Å². The molecule has 10 heteroatoms. The molecule has 0 saturated heterocycles. The molecule has 3 N–H and O–H groups in total. The minimum Gasteiger partial charge on any atom is -0.382 e. The number of nitrogens with two attached hydrogens (primary N) is 1. The Morgan fingerprint density at radius 2 is 1.91 bits per heavy atom. The van der Waals surface area contributed by atoms with Crippen LogP contribution in [0.5, 0.6) is 0 Å². The highest BCUT2D eigenvalue weighted by Gasteiger charge is 2.24. The number of pyridine rings is 1. The maximum atomic E-state index is 14.3.